The standard InChI is InChI=1S/C13H10N2/c14-11-6-3-7-12-13(11)10-5-2-1-4-9(10)8-15-12/h1-5,7-8,14H,6H2. The lowest BCUT2D eigenvalue weighted by molar-refractivity contribution is 1.26. The van der Waals surface area contributed by atoms with E-state index < -0.39 is 0 Å². The van der Waals surface area contributed by atoms with Crippen LogP contribution < -0.4 is 0 Å². The van der Waals surface area contributed by atoms with Gasteiger partial charge in [0.2, 0.25) is 0 Å². The summed E-state index contributed by atoms with van der Waals surface area (Å²) in [5.41, 5.74) is 2.58. The van der Waals surface area contributed by atoms with Gasteiger partial charge in [0.15, 0.2) is 0 Å². The van der Waals surface area contributed by atoms with Crippen molar-refractivity contribution in [1.82, 2.24) is 4.98 Å². The molecule has 15 heavy (non-hydrogen) atoms. The molecule has 3 rings (SSSR count). The van der Waals surface area contributed by atoms with Crippen LogP contribution in [-0.4, -0.2) is 10.7 Å². The first-order valence-corrected chi connectivity index (χ1v) is 4.98. The molecule has 0 radical (unpaired) electrons. The second-order valence-electron chi connectivity index (χ2n) is 3.69. The Hall–Kier alpha value is -1.96. The summed E-state index contributed by atoms with van der Waals surface area (Å²) in [5, 5.41) is 10.2. The Labute approximate surface area is 87.8 Å². The molecule has 1 aliphatic carbocycles. The van der Waals surface area contributed by atoms with Gasteiger partial charge in [0.25, 0.3) is 0 Å². The quantitative estimate of drug-likeness (QED) is 0.687. The highest BCUT2D eigenvalue weighted by Crippen LogP contribution is 2.25. The van der Waals surface area contributed by atoms with Gasteiger partial charge in [-0.25, -0.2) is 0 Å². The summed E-state index contributed by atoms with van der Waals surface area (Å²) in [6.07, 6.45) is 6.58. The third kappa shape index (κ3) is 1.18. The summed E-state index contributed by atoms with van der Waals surface area (Å²) in [5.74, 6) is 0. The summed E-state index contributed by atoms with van der Waals surface area (Å²) in [4.78, 5) is 4.37. The highest BCUT2D eigenvalue weighted by molar-refractivity contribution is 6.13. The minimum atomic E-state index is 0.664. The monoisotopic (exact) mass is 194 g/mol. The van der Waals surface area contributed by atoms with Gasteiger partial charge < -0.3 is 5.41 Å². The smallest absolute Gasteiger partial charge is 0.0723 e. The topological polar surface area (TPSA) is 36.7 Å². The molecule has 0 saturated heterocycles. The van der Waals surface area contributed by atoms with E-state index in [4.69, 9.17) is 5.41 Å². The largest absolute Gasteiger partial charge is 0.304 e. The first kappa shape index (κ1) is 8.36. The van der Waals surface area contributed by atoms with Gasteiger partial charge in [0.05, 0.1) is 5.69 Å². The molecule has 1 aliphatic rings. The maximum Gasteiger partial charge on any atom is 0.0723 e. The zero-order valence-electron chi connectivity index (χ0n) is 8.20. The Morgan fingerprint density at radius 1 is 1.20 bits per heavy atom. The summed E-state index contributed by atoms with van der Waals surface area (Å²) >= 11 is 0. The predicted octanol–water partition coefficient (Wildman–Crippen LogP) is 3.02. The zero-order valence-corrected chi connectivity index (χ0v) is 8.20. The van der Waals surface area contributed by atoms with Crippen LogP contribution in [0.1, 0.15) is 17.7 Å². The minimum Gasteiger partial charge on any atom is -0.304 e. The molecule has 0 aliphatic heterocycles. The van der Waals surface area contributed by atoms with Gasteiger partial charge in [-0.15, -0.1) is 0 Å². The predicted molar refractivity (Wildman–Crippen MR) is 62.2 cm³/mol. The number of fused-ring (bicyclic) bond motifs is 3. The van der Waals surface area contributed by atoms with Gasteiger partial charge in [-0.1, -0.05) is 30.3 Å². The Morgan fingerprint density at radius 2 is 2.07 bits per heavy atom. The molecule has 1 aromatic carbocycles. The summed E-state index contributed by atoms with van der Waals surface area (Å²) in [7, 11) is 0. The van der Waals surface area contributed by atoms with Crippen LogP contribution in [0, 0.1) is 5.41 Å². The van der Waals surface area contributed by atoms with E-state index in [0.29, 0.717) is 12.1 Å². The van der Waals surface area contributed by atoms with Gasteiger partial charge in [-0.2, -0.15) is 0 Å². The van der Waals surface area contributed by atoms with Crippen molar-refractivity contribution in [1.29, 1.82) is 5.41 Å². The molecular weight excluding hydrogens is 184 g/mol. The normalized spacial score (nSPS) is 14.3. The fourth-order valence-electron chi connectivity index (χ4n) is 2.01. The highest BCUT2D eigenvalue weighted by Gasteiger charge is 2.13. The van der Waals surface area contributed by atoms with E-state index in [2.05, 4.69) is 11.1 Å². The molecule has 0 amide bonds. The molecule has 1 N–H and O–H groups in total. The molecule has 0 saturated carbocycles. The van der Waals surface area contributed by atoms with Crippen LogP contribution in [0.5, 0.6) is 0 Å². The molecule has 2 heteroatoms. The number of hydrogen-bond donors (Lipinski definition) is 1. The lowest BCUT2D eigenvalue weighted by Crippen LogP contribution is -2.06. The van der Waals surface area contributed by atoms with Crippen LogP contribution >= 0.6 is 0 Å². The van der Waals surface area contributed by atoms with Crippen molar-refractivity contribution < 1.29 is 0 Å². The molecule has 1 aromatic heterocycles. The second kappa shape index (κ2) is 3.02. The molecular formula is C13H10N2. The molecule has 0 spiro atoms. The van der Waals surface area contributed by atoms with Crippen molar-refractivity contribution in [3.63, 3.8) is 0 Å². The van der Waals surface area contributed by atoms with Crippen LogP contribution in [0.3, 0.4) is 0 Å². The molecule has 1 heterocycles. The molecule has 0 unspecified atom stereocenters. The Balaban J connectivity index is 2.47. The van der Waals surface area contributed by atoms with Crippen LogP contribution in [0.4, 0.5) is 0 Å². The number of benzene rings is 1. The summed E-state index contributed by atoms with van der Waals surface area (Å²) in [6, 6.07) is 8.10. The minimum absolute atomic E-state index is 0.664. The van der Waals surface area contributed by atoms with E-state index in [0.717, 1.165) is 22.0 Å². The van der Waals surface area contributed by atoms with Gasteiger partial charge in [0.1, 0.15) is 0 Å². The van der Waals surface area contributed by atoms with Crippen molar-refractivity contribution in [2.24, 2.45) is 0 Å². The van der Waals surface area contributed by atoms with E-state index in [1.54, 1.807) is 0 Å². The molecule has 2 aromatic rings. The van der Waals surface area contributed by atoms with Crippen LogP contribution in [-0.2, 0) is 0 Å². The molecule has 0 fully saturated rings. The van der Waals surface area contributed by atoms with Crippen LogP contribution in [0.15, 0.2) is 36.5 Å². The summed E-state index contributed by atoms with van der Waals surface area (Å²) < 4.78 is 0. The van der Waals surface area contributed by atoms with Crippen LogP contribution in [0.2, 0.25) is 0 Å². The fourth-order valence-corrected chi connectivity index (χ4v) is 2.01. The van der Waals surface area contributed by atoms with E-state index in [1.807, 2.05) is 36.5 Å². The molecule has 0 bridgehead atoms. The van der Waals surface area contributed by atoms with Crippen molar-refractivity contribution in [3.05, 3.63) is 47.8 Å². The zero-order chi connectivity index (χ0) is 10.3. The number of aromatic nitrogens is 1. The van der Waals surface area contributed by atoms with Gasteiger partial charge in [0, 0.05) is 29.3 Å². The number of pyridine rings is 1. The average molecular weight is 194 g/mol. The number of rotatable bonds is 0. The van der Waals surface area contributed by atoms with Crippen LogP contribution in [0.25, 0.3) is 16.8 Å². The lowest BCUT2D eigenvalue weighted by atomic mass is 9.95. The average Bonchev–Trinajstić information content (AvgIpc) is 2.29. The maximum absolute atomic E-state index is 7.96. The number of allylic oxidation sites excluding steroid dienone is 1. The van der Waals surface area contributed by atoms with E-state index in [-0.39, 0.29) is 0 Å². The third-order valence-electron chi connectivity index (χ3n) is 2.73. The summed E-state index contributed by atoms with van der Waals surface area (Å²) in [6.45, 7) is 0. The highest BCUT2D eigenvalue weighted by atomic mass is 14.7. The number of hydrogen-bond acceptors (Lipinski definition) is 2. The molecule has 2 nitrogen and oxygen atoms in total. The van der Waals surface area contributed by atoms with Gasteiger partial charge in [-0.05, 0) is 11.5 Å². The van der Waals surface area contributed by atoms with E-state index in [9.17, 15) is 0 Å². The van der Waals surface area contributed by atoms with Crippen molar-refractivity contribution in [3.8, 4) is 0 Å². The Bertz CT molecular complexity index is 582. The second-order valence-corrected chi connectivity index (χ2v) is 3.69. The number of nitrogens with one attached hydrogen (secondary N) is 1. The van der Waals surface area contributed by atoms with Gasteiger partial charge >= 0.3 is 0 Å². The first-order valence-electron chi connectivity index (χ1n) is 4.98. The Morgan fingerprint density at radius 3 is 3.00 bits per heavy atom. The maximum atomic E-state index is 7.96. The Kier molecular flexibility index (Phi) is 1.68. The van der Waals surface area contributed by atoms with Crippen molar-refractivity contribution in [2.75, 3.05) is 0 Å². The SMILES string of the molecule is N=C1CC=Cc2ncc3ccccc3c21. The van der Waals surface area contributed by atoms with E-state index >= 15 is 0 Å². The lowest BCUT2D eigenvalue weighted by Gasteiger charge is -2.13. The van der Waals surface area contributed by atoms with Gasteiger partial charge in [-0.3, -0.25) is 4.98 Å². The molecule has 72 valence electrons. The van der Waals surface area contributed by atoms with E-state index in [1.165, 1.54) is 0 Å². The third-order valence-corrected chi connectivity index (χ3v) is 2.73. The molecule has 0 atom stereocenters. The van der Waals surface area contributed by atoms with Crippen molar-refractivity contribution >= 4 is 22.6 Å². The van der Waals surface area contributed by atoms with Crippen molar-refractivity contribution in [2.45, 2.75) is 6.42 Å². The first-order chi connectivity index (χ1) is 7.36. The fraction of sp³-hybridized carbons (Fsp3) is 0.0769. The number of nitrogens with zero attached hydrogens (tertiary/aromatic N) is 1.